The number of benzene rings is 1. The molecule has 1 aromatic carbocycles. The molecule has 2 aromatic rings. The van der Waals surface area contributed by atoms with Crippen molar-refractivity contribution < 1.29 is 9.21 Å². The van der Waals surface area contributed by atoms with Gasteiger partial charge in [-0.1, -0.05) is 0 Å². The topological polar surface area (TPSA) is 30.2 Å². The largest absolute Gasteiger partial charge is 0.472 e. The molecule has 14 heavy (non-hydrogen) atoms. The normalized spacial score (nSPS) is 10.1. The first-order chi connectivity index (χ1) is 6.77. The first-order valence-electron chi connectivity index (χ1n) is 4.10. The standard InChI is InChI=1S/C11H7IO2/c12-10-3-1-8(2-4-10)11(13)9-5-6-14-7-9/h1-7H. The lowest BCUT2D eigenvalue weighted by molar-refractivity contribution is 0.103. The molecule has 0 amide bonds. The summed E-state index contributed by atoms with van der Waals surface area (Å²) in [6.07, 6.45) is 2.96. The molecule has 0 radical (unpaired) electrons. The quantitative estimate of drug-likeness (QED) is 0.630. The average molecular weight is 298 g/mol. The molecule has 0 fully saturated rings. The number of carbonyl (C=O) groups is 1. The van der Waals surface area contributed by atoms with Crippen LogP contribution in [0.4, 0.5) is 0 Å². The molecule has 0 saturated heterocycles. The molecule has 0 saturated carbocycles. The Hall–Kier alpha value is -1.10. The maximum Gasteiger partial charge on any atom is 0.196 e. The summed E-state index contributed by atoms with van der Waals surface area (Å²) in [5.74, 6) is -0.00449. The second-order valence-electron chi connectivity index (χ2n) is 2.85. The van der Waals surface area contributed by atoms with Crippen molar-refractivity contribution in [3.05, 3.63) is 57.6 Å². The Morgan fingerprint density at radius 1 is 1.07 bits per heavy atom. The minimum atomic E-state index is -0.00449. The fourth-order valence-corrected chi connectivity index (χ4v) is 1.52. The van der Waals surface area contributed by atoms with Gasteiger partial charge in [0.05, 0.1) is 11.8 Å². The van der Waals surface area contributed by atoms with E-state index in [-0.39, 0.29) is 5.78 Å². The Balaban J connectivity index is 2.33. The minimum absolute atomic E-state index is 0.00449. The van der Waals surface area contributed by atoms with Gasteiger partial charge in [-0.05, 0) is 52.9 Å². The van der Waals surface area contributed by atoms with E-state index in [2.05, 4.69) is 22.6 Å². The van der Waals surface area contributed by atoms with Gasteiger partial charge in [0.2, 0.25) is 0 Å². The van der Waals surface area contributed by atoms with Crippen LogP contribution in [-0.2, 0) is 0 Å². The predicted molar refractivity (Wildman–Crippen MR) is 61.3 cm³/mol. The van der Waals surface area contributed by atoms with E-state index < -0.39 is 0 Å². The van der Waals surface area contributed by atoms with E-state index in [0.29, 0.717) is 11.1 Å². The minimum Gasteiger partial charge on any atom is -0.472 e. The van der Waals surface area contributed by atoms with Gasteiger partial charge < -0.3 is 4.42 Å². The van der Waals surface area contributed by atoms with Crippen molar-refractivity contribution in [2.75, 3.05) is 0 Å². The van der Waals surface area contributed by atoms with Gasteiger partial charge in [0, 0.05) is 9.13 Å². The number of rotatable bonds is 2. The monoisotopic (exact) mass is 298 g/mol. The summed E-state index contributed by atoms with van der Waals surface area (Å²) >= 11 is 2.20. The maximum absolute atomic E-state index is 11.8. The van der Waals surface area contributed by atoms with E-state index in [9.17, 15) is 4.79 Å². The van der Waals surface area contributed by atoms with Crippen LogP contribution in [0, 0.1) is 3.57 Å². The summed E-state index contributed by atoms with van der Waals surface area (Å²) in [7, 11) is 0. The van der Waals surface area contributed by atoms with E-state index in [4.69, 9.17) is 4.42 Å². The van der Waals surface area contributed by atoms with E-state index in [1.807, 2.05) is 24.3 Å². The highest BCUT2D eigenvalue weighted by Gasteiger charge is 2.09. The van der Waals surface area contributed by atoms with Gasteiger partial charge in [-0.2, -0.15) is 0 Å². The Morgan fingerprint density at radius 2 is 1.79 bits per heavy atom. The van der Waals surface area contributed by atoms with E-state index in [1.165, 1.54) is 12.5 Å². The molecule has 70 valence electrons. The van der Waals surface area contributed by atoms with Crippen molar-refractivity contribution in [2.24, 2.45) is 0 Å². The molecule has 1 heterocycles. The molecule has 0 aliphatic rings. The lowest BCUT2D eigenvalue weighted by atomic mass is 10.1. The maximum atomic E-state index is 11.8. The number of carbonyl (C=O) groups excluding carboxylic acids is 1. The van der Waals surface area contributed by atoms with Crippen LogP contribution >= 0.6 is 22.6 Å². The van der Waals surface area contributed by atoms with Crippen molar-refractivity contribution in [3.63, 3.8) is 0 Å². The molecule has 0 atom stereocenters. The second kappa shape index (κ2) is 3.96. The summed E-state index contributed by atoms with van der Waals surface area (Å²) in [5.41, 5.74) is 1.28. The molecular weight excluding hydrogens is 291 g/mol. The molecule has 0 N–H and O–H groups in total. The van der Waals surface area contributed by atoms with Crippen molar-refractivity contribution in [2.45, 2.75) is 0 Å². The van der Waals surface area contributed by atoms with E-state index in [1.54, 1.807) is 6.07 Å². The van der Waals surface area contributed by atoms with Gasteiger partial charge >= 0.3 is 0 Å². The van der Waals surface area contributed by atoms with Crippen LogP contribution in [0.3, 0.4) is 0 Å². The smallest absolute Gasteiger partial charge is 0.196 e. The van der Waals surface area contributed by atoms with Crippen molar-refractivity contribution in [1.82, 2.24) is 0 Å². The summed E-state index contributed by atoms with van der Waals surface area (Å²) in [6.45, 7) is 0. The Morgan fingerprint density at radius 3 is 2.36 bits per heavy atom. The van der Waals surface area contributed by atoms with E-state index in [0.717, 1.165) is 3.57 Å². The van der Waals surface area contributed by atoms with Crippen LogP contribution in [-0.4, -0.2) is 5.78 Å². The summed E-state index contributed by atoms with van der Waals surface area (Å²) in [6, 6.07) is 9.12. The number of furan rings is 1. The Kier molecular flexibility index (Phi) is 2.67. The Labute approximate surface area is 95.1 Å². The average Bonchev–Trinajstić information content (AvgIpc) is 2.71. The number of ketones is 1. The third kappa shape index (κ3) is 1.87. The third-order valence-electron chi connectivity index (χ3n) is 1.89. The van der Waals surface area contributed by atoms with Gasteiger partial charge in [-0.15, -0.1) is 0 Å². The van der Waals surface area contributed by atoms with Crippen LogP contribution in [0.2, 0.25) is 0 Å². The first-order valence-corrected chi connectivity index (χ1v) is 5.18. The van der Waals surface area contributed by atoms with Gasteiger partial charge in [0.25, 0.3) is 0 Å². The first kappa shape index (κ1) is 9.45. The molecule has 0 unspecified atom stereocenters. The fourth-order valence-electron chi connectivity index (χ4n) is 1.16. The summed E-state index contributed by atoms with van der Waals surface area (Å²) < 4.78 is 5.98. The van der Waals surface area contributed by atoms with Crippen LogP contribution in [0.25, 0.3) is 0 Å². The molecule has 0 spiro atoms. The van der Waals surface area contributed by atoms with Crippen LogP contribution < -0.4 is 0 Å². The molecule has 2 rings (SSSR count). The lowest BCUT2D eigenvalue weighted by Crippen LogP contribution is -1.98. The second-order valence-corrected chi connectivity index (χ2v) is 4.09. The van der Waals surface area contributed by atoms with Crippen LogP contribution in [0.15, 0.2) is 47.3 Å². The SMILES string of the molecule is O=C(c1ccc(I)cc1)c1ccoc1. The molecule has 2 nitrogen and oxygen atoms in total. The lowest BCUT2D eigenvalue weighted by Gasteiger charge is -1.97. The van der Waals surface area contributed by atoms with E-state index >= 15 is 0 Å². The zero-order valence-corrected chi connectivity index (χ0v) is 9.39. The molecule has 1 aromatic heterocycles. The predicted octanol–water partition coefficient (Wildman–Crippen LogP) is 3.12. The molecule has 3 heteroatoms. The fraction of sp³-hybridized carbons (Fsp3) is 0. The van der Waals surface area contributed by atoms with Crippen LogP contribution in [0.5, 0.6) is 0 Å². The van der Waals surface area contributed by atoms with Crippen molar-refractivity contribution in [1.29, 1.82) is 0 Å². The highest BCUT2D eigenvalue weighted by Crippen LogP contribution is 2.12. The van der Waals surface area contributed by atoms with Crippen molar-refractivity contribution >= 4 is 28.4 Å². The molecule has 0 aliphatic heterocycles. The third-order valence-corrected chi connectivity index (χ3v) is 2.61. The van der Waals surface area contributed by atoms with Gasteiger partial charge in [-0.3, -0.25) is 4.79 Å². The Bertz CT molecular complexity index is 429. The number of halogens is 1. The summed E-state index contributed by atoms with van der Waals surface area (Å²) in [5, 5.41) is 0. The molecule has 0 bridgehead atoms. The summed E-state index contributed by atoms with van der Waals surface area (Å²) in [4.78, 5) is 11.8. The highest BCUT2D eigenvalue weighted by atomic mass is 127. The number of hydrogen-bond acceptors (Lipinski definition) is 2. The molecule has 0 aliphatic carbocycles. The van der Waals surface area contributed by atoms with Gasteiger partial charge in [0.1, 0.15) is 6.26 Å². The highest BCUT2D eigenvalue weighted by molar-refractivity contribution is 14.1. The zero-order chi connectivity index (χ0) is 9.97. The van der Waals surface area contributed by atoms with Crippen molar-refractivity contribution in [3.8, 4) is 0 Å². The van der Waals surface area contributed by atoms with Crippen LogP contribution in [0.1, 0.15) is 15.9 Å². The molecular formula is C11H7IO2. The van der Waals surface area contributed by atoms with Gasteiger partial charge in [0.15, 0.2) is 5.78 Å². The van der Waals surface area contributed by atoms with Gasteiger partial charge in [-0.25, -0.2) is 0 Å². The number of hydrogen-bond donors (Lipinski definition) is 0. The zero-order valence-electron chi connectivity index (χ0n) is 7.24.